The molecular weight excluding hydrogens is 426 g/mol. The van der Waals surface area contributed by atoms with Gasteiger partial charge in [-0.2, -0.15) is 0 Å². The maximum Gasteiger partial charge on any atom is 0.233 e. The fraction of sp³-hybridized carbons (Fsp3) is 0.609. The zero-order valence-corrected chi connectivity index (χ0v) is 20.0. The molecule has 0 radical (unpaired) electrons. The highest BCUT2D eigenvalue weighted by Gasteiger charge is 2.28. The number of benzene rings is 1. The van der Waals surface area contributed by atoms with Crippen LogP contribution >= 0.6 is 11.8 Å². The molecule has 9 heteroatoms. The van der Waals surface area contributed by atoms with Crippen molar-refractivity contribution in [2.24, 2.45) is 5.92 Å². The molecular formula is C23H33N5O3S. The Bertz CT molecular complexity index is 872. The second-order valence-corrected chi connectivity index (χ2v) is 9.71. The maximum atomic E-state index is 12.8. The molecule has 0 saturated carbocycles. The zero-order valence-electron chi connectivity index (χ0n) is 19.1. The minimum atomic E-state index is 0.173. The predicted octanol–water partition coefficient (Wildman–Crippen LogP) is 2.72. The lowest BCUT2D eigenvalue weighted by atomic mass is 9.95. The van der Waals surface area contributed by atoms with Crippen LogP contribution in [0.5, 0.6) is 5.75 Å². The highest BCUT2D eigenvalue weighted by atomic mass is 32.2. The number of morpholine rings is 1. The van der Waals surface area contributed by atoms with Gasteiger partial charge in [0.1, 0.15) is 12.1 Å². The van der Waals surface area contributed by atoms with E-state index in [-0.39, 0.29) is 5.91 Å². The largest absolute Gasteiger partial charge is 0.497 e. The average molecular weight is 460 g/mol. The number of hydrogen-bond acceptors (Lipinski definition) is 7. The third-order valence-electron chi connectivity index (χ3n) is 6.17. The lowest BCUT2D eigenvalue weighted by Gasteiger charge is -2.39. The van der Waals surface area contributed by atoms with Gasteiger partial charge in [-0.1, -0.05) is 11.8 Å². The molecule has 1 aromatic carbocycles. The van der Waals surface area contributed by atoms with Crippen LogP contribution in [-0.4, -0.2) is 88.3 Å². The van der Waals surface area contributed by atoms with Crippen molar-refractivity contribution in [1.29, 1.82) is 0 Å². The van der Waals surface area contributed by atoms with Crippen molar-refractivity contribution >= 4 is 17.7 Å². The summed E-state index contributed by atoms with van der Waals surface area (Å²) in [4.78, 5) is 17.3. The summed E-state index contributed by atoms with van der Waals surface area (Å²) < 4.78 is 13.0. The smallest absolute Gasteiger partial charge is 0.233 e. The number of aromatic nitrogens is 3. The molecule has 0 bridgehead atoms. The molecule has 3 heterocycles. The zero-order chi connectivity index (χ0) is 22.5. The number of piperidine rings is 1. The lowest BCUT2D eigenvalue weighted by molar-refractivity contribution is -0.130. The number of carbonyl (C=O) groups is 1. The van der Waals surface area contributed by atoms with Crippen molar-refractivity contribution in [1.82, 2.24) is 24.6 Å². The highest BCUT2D eigenvalue weighted by Crippen LogP contribution is 2.24. The molecule has 1 amide bonds. The van der Waals surface area contributed by atoms with Crippen molar-refractivity contribution < 1.29 is 14.3 Å². The van der Waals surface area contributed by atoms with Crippen molar-refractivity contribution in [2.75, 3.05) is 45.6 Å². The Kier molecular flexibility index (Phi) is 7.70. The topological polar surface area (TPSA) is 72.7 Å². The molecule has 0 spiro atoms. The first-order chi connectivity index (χ1) is 15.5. The molecule has 0 N–H and O–H groups in total. The molecule has 8 nitrogen and oxygen atoms in total. The molecule has 2 saturated heterocycles. The summed E-state index contributed by atoms with van der Waals surface area (Å²) in [6, 6.07) is 7.71. The number of thioether (sulfide) groups is 1. The van der Waals surface area contributed by atoms with Gasteiger partial charge in [0.2, 0.25) is 5.91 Å². The molecule has 4 rings (SSSR count). The van der Waals surface area contributed by atoms with Gasteiger partial charge in [0.15, 0.2) is 5.16 Å². The monoisotopic (exact) mass is 459 g/mol. The van der Waals surface area contributed by atoms with Crippen LogP contribution < -0.4 is 4.74 Å². The number of ether oxygens (including phenoxy) is 2. The summed E-state index contributed by atoms with van der Waals surface area (Å²) in [5.74, 6) is 2.00. The van der Waals surface area contributed by atoms with Crippen LogP contribution in [0.15, 0.2) is 35.7 Å². The number of nitrogens with zero attached hydrogens (tertiary/aromatic N) is 5. The Morgan fingerprint density at radius 2 is 1.84 bits per heavy atom. The number of methoxy groups -OCH3 is 1. The fourth-order valence-corrected chi connectivity index (χ4v) is 5.46. The highest BCUT2D eigenvalue weighted by molar-refractivity contribution is 7.99. The second-order valence-electron chi connectivity index (χ2n) is 8.77. The van der Waals surface area contributed by atoms with Gasteiger partial charge in [-0.3, -0.25) is 14.3 Å². The minimum absolute atomic E-state index is 0.173. The van der Waals surface area contributed by atoms with E-state index >= 15 is 0 Å². The van der Waals surface area contributed by atoms with Gasteiger partial charge in [0.05, 0.1) is 25.1 Å². The fourth-order valence-electron chi connectivity index (χ4n) is 4.62. The van der Waals surface area contributed by atoms with E-state index in [1.165, 1.54) is 11.8 Å². The molecule has 2 aromatic rings. The van der Waals surface area contributed by atoms with E-state index in [0.717, 1.165) is 57.0 Å². The molecule has 0 aliphatic carbocycles. The van der Waals surface area contributed by atoms with Crippen molar-refractivity contribution in [3.63, 3.8) is 0 Å². The number of carbonyl (C=O) groups excluding carboxylic acids is 1. The molecule has 2 unspecified atom stereocenters. The number of likely N-dealkylation sites (tertiary alicyclic amines) is 1. The molecule has 1 aromatic heterocycles. The Hall–Kier alpha value is -2.10. The van der Waals surface area contributed by atoms with Crippen molar-refractivity contribution in [2.45, 2.75) is 44.1 Å². The van der Waals surface area contributed by atoms with Crippen LogP contribution in [-0.2, 0) is 9.53 Å². The van der Waals surface area contributed by atoms with Gasteiger partial charge in [-0.05, 0) is 56.9 Å². The van der Waals surface area contributed by atoms with Gasteiger partial charge in [-0.15, -0.1) is 10.2 Å². The van der Waals surface area contributed by atoms with Crippen molar-refractivity contribution in [3.8, 4) is 11.4 Å². The predicted molar refractivity (Wildman–Crippen MR) is 124 cm³/mol. The Balaban J connectivity index is 1.24. The Morgan fingerprint density at radius 3 is 2.50 bits per heavy atom. The summed E-state index contributed by atoms with van der Waals surface area (Å²) in [6.07, 6.45) is 4.42. The number of hydrogen-bond donors (Lipinski definition) is 0. The normalized spacial score (nSPS) is 22.8. The van der Waals surface area contributed by atoms with E-state index in [2.05, 4.69) is 28.9 Å². The van der Waals surface area contributed by atoms with Crippen LogP contribution in [0.1, 0.15) is 26.7 Å². The molecule has 2 aliphatic heterocycles. The molecule has 2 atom stereocenters. The van der Waals surface area contributed by atoms with E-state index in [1.807, 2.05) is 33.7 Å². The summed E-state index contributed by atoms with van der Waals surface area (Å²) >= 11 is 1.43. The van der Waals surface area contributed by atoms with Gasteiger partial charge in [0.25, 0.3) is 0 Å². The van der Waals surface area contributed by atoms with Crippen LogP contribution in [0.25, 0.3) is 5.69 Å². The van der Waals surface area contributed by atoms with E-state index in [9.17, 15) is 4.79 Å². The quantitative estimate of drug-likeness (QED) is 0.590. The van der Waals surface area contributed by atoms with E-state index in [1.54, 1.807) is 13.4 Å². The van der Waals surface area contributed by atoms with Crippen LogP contribution in [0.2, 0.25) is 0 Å². The van der Waals surface area contributed by atoms with Crippen LogP contribution in [0.4, 0.5) is 0 Å². The molecule has 174 valence electrons. The molecule has 32 heavy (non-hydrogen) atoms. The molecule has 2 fully saturated rings. The van der Waals surface area contributed by atoms with E-state index in [0.29, 0.717) is 29.0 Å². The SMILES string of the molecule is COc1ccc(-n2cnnc2SCC(=O)N2CCC(CN3CC(C)OC(C)C3)CC2)cc1. The number of rotatable bonds is 7. The summed E-state index contributed by atoms with van der Waals surface area (Å²) in [6.45, 7) is 9.10. The first kappa shape index (κ1) is 23.1. The average Bonchev–Trinajstić information content (AvgIpc) is 3.26. The summed E-state index contributed by atoms with van der Waals surface area (Å²) in [5, 5.41) is 8.95. The third-order valence-corrected chi connectivity index (χ3v) is 7.10. The summed E-state index contributed by atoms with van der Waals surface area (Å²) in [5.41, 5.74) is 0.943. The third kappa shape index (κ3) is 5.82. The standard InChI is InChI=1S/C23H33N5O3S/c1-17-12-26(13-18(2)31-17)14-19-8-10-27(11-9-19)22(29)15-32-23-25-24-16-28(23)20-4-6-21(30-3)7-5-20/h4-7,16-19H,8-15H2,1-3H3. The maximum absolute atomic E-state index is 12.8. The van der Waals surface area contributed by atoms with Gasteiger partial charge in [-0.25, -0.2) is 0 Å². The first-order valence-electron chi connectivity index (χ1n) is 11.3. The minimum Gasteiger partial charge on any atom is -0.497 e. The van der Waals surface area contributed by atoms with Gasteiger partial charge >= 0.3 is 0 Å². The van der Waals surface area contributed by atoms with Crippen LogP contribution in [0.3, 0.4) is 0 Å². The Labute approximate surface area is 194 Å². The first-order valence-corrected chi connectivity index (χ1v) is 12.3. The summed E-state index contributed by atoms with van der Waals surface area (Å²) in [7, 11) is 1.65. The van der Waals surface area contributed by atoms with Gasteiger partial charge in [0, 0.05) is 38.4 Å². The van der Waals surface area contributed by atoms with Crippen molar-refractivity contribution in [3.05, 3.63) is 30.6 Å². The van der Waals surface area contributed by atoms with E-state index in [4.69, 9.17) is 9.47 Å². The second kappa shape index (κ2) is 10.7. The lowest BCUT2D eigenvalue weighted by Crippen LogP contribution is -2.48. The molecule has 2 aliphatic rings. The van der Waals surface area contributed by atoms with E-state index < -0.39 is 0 Å². The van der Waals surface area contributed by atoms with Crippen LogP contribution in [0, 0.1) is 5.92 Å². The number of amides is 1. The Morgan fingerprint density at radius 1 is 1.16 bits per heavy atom. The van der Waals surface area contributed by atoms with Gasteiger partial charge < -0.3 is 14.4 Å².